The molecule has 0 aromatic carbocycles. The summed E-state index contributed by atoms with van der Waals surface area (Å²) in [5, 5.41) is 10.5. The zero-order valence-electron chi connectivity index (χ0n) is 23.1. The molecule has 3 aliphatic heterocycles. The summed E-state index contributed by atoms with van der Waals surface area (Å²) in [6.07, 6.45) is 10.2. The monoisotopic (exact) mass is 609 g/mol. The van der Waals surface area contributed by atoms with Gasteiger partial charge in [0.2, 0.25) is 17.7 Å². The van der Waals surface area contributed by atoms with Gasteiger partial charge in [-0.1, -0.05) is 67.6 Å². The number of amides is 3. The van der Waals surface area contributed by atoms with Crippen molar-refractivity contribution in [2.45, 2.75) is 91.7 Å². The van der Waals surface area contributed by atoms with Crippen LogP contribution in [-0.4, -0.2) is 97.2 Å². The number of aliphatic hydroxyl groups excluding tert-OH is 1. The first-order valence-electron chi connectivity index (χ1n) is 14.2. The van der Waals surface area contributed by atoms with Crippen LogP contribution < -0.4 is 0 Å². The van der Waals surface area contributed by atoms with Crippen LogP contribution >= 0.6 is 27.7 Å². The number of nitrogens with zero attached hydrogens (tertiary/aromatic N) is 3. The van der Waals surface area contributed by atoms with Crippen molar-refractivity contribution in [3.8, 4) is 0 Å². The quantitative estimate of drug-likeness (QED) is 0.284. The average Bonchev–Trinajstić information content (AvgIpc) is 3.51. The smallest absolute Gasteiger partial charge is 0.247 e. The molecule has 9 heteroatoms. The van der Waals surface area contributed by atoms with E-state index in [1.165, 1.54) is 6.42 Å². The van der Waals surface area contributed by atoms with Gasteiger partial charge in [-0.3, -0.25) is 14.4 Å². The fourth-order valence-electron chi connectivity index (χ4n) is 7.45. The number of halogens is 1. The molecule has 4 rings (SSSR count). The van der Waals surface area contributed by atoms with Crippen LogP contribution in [0.15, 0.2) is 25.3 Å². The second-order valence-electron chi connectivity index (χ2n) is 11.6. The Morgan fingerprint density at radius 2 is 1.87 bits per heavy atom. The molecule has 7 nitrogen and oxygen atoms in total. The molecule has 38 heavy (non-hydrogen) atoms. The minimum atomic E-state index is -0.717. The van der Waals surface area contributed by atoms with Crippen LogP contribution in [0.1, 0.15) is 58.8 Å². The van der Waals surface area contributed by atoms with Gasteiger partial charge in [-0.2, -0.15) is 0 Å². The van der Waals surface area contributed by atoms with Crippen LogP contribution in [0.4, 0.5) is 0 Å². The number of likely N-dealkylation sites (tertiary alicyclic amines) is 1. The van der Waals surface area contributed by atoms with Gasteiger partial charge in [-0.05, 0) is 25.2 Å². The van der Waals surface area contributed by atoms with Gasteiger partial charge in [0.15, 0.2) is 0 Å². The molecule has 3 amide bonds. The zero-order chi connectivity index (χ0) is 27.8. The maximum Gasteiger partial charge on any atom is 0.247 e. The van der Waals surface area contributed by atoms with Crippen molar-refractivity contribution in [2.75, 3.05) is 26.7 Å². The first kappa shape index (κ1) is 29.7. The van der Waals surface area contributed by atoms with E-state index in [9.17, 15) is 19.5 Å². The van der Waals surface area contributed by atoms with Crippen LogP contribution in [-0.2, 0) is 14.4 Å². The number of carbonyl (C=O) groups excluding carboxylic acids is 3. The predicted octanol–water partition coefficient (Wildman–Crippen LogP) is 3.85. The molecule has 1 N–H and O–H groups in total. The van der Waals surface area contributed by atoms with Crippen molar-refractivity contribution in [1.29, 1.82) is 0 Å². The molecule has 212 valence electrons. The highest BCUT2D eigenvalue weighted by atomic mass is 79.9. The first-order valence-corrected chi connectivity index (χ1v) is 16.0. The van der Waals surface area contributed by atoms with E-state index in [0.717, 1.165) is 32.1 Å². The fourth-order valence-corrected chi connectivity index (χ4v) is 11.0. The van der Waals surface area contributed by atoms with E-state index < -0.39 is 28.7 Å². The van der Waals surface area contributed by atoms with Gasteiger partial charge < -0.3 is 19.8 Å². The van der Waals surface area contributed by atoms with Crippen molar-refractivity contribution in [1.82, 2.24) is 14.7 Å². The van der Waals surface area contributed by atoms with E-state index in [1.807, 2.05) is 18.7 Å². The number of fused-ring (bicyclic) bond motifs is 1. The molecule has 3 unspecified atom stereocenters. The molecule has 2 bridgehead atoms. The van der Waals surface area contributed by atoms with Crippen molar-refractivity contribution in [2.24, 2.45) is 17.8 Å². The Hall–Kier alpha value is -1.32. The van der Waals surface area contributed by atoms with Gasteiger partial charge in [-0.15, -0.1) is 24.9 Å². The lowest BCUT2D eigenvalue weighted by molar-refractivity contribution is -0.149. The molecule has 3 heterocycles. The number of likely N-dealkylation sites (N-methyl/N-ethyl adjacent to an activating group) is 1. The Labute approximate surface area is 240 Å². The Balaban J connectivity index is 1.82. The number of thioether (sulfide) groups is 1. The van der Waals surface area contributed by atoms with Gasteiger partial charge >= 0.3 is 0 Å². The lowest BCUT2D eigenvalue weighted by atomic mass is 9.70. The molecular formula is C29H44BrN3O4S. The fraction of sp³-hybridized carbons (Fsp3) is 0.759. The summed E-state index contributed by atoms with van der Waals surface area (Å²) in [5.74, 6) is -1.36. The summed E-state index contributed by atoms with van der Waals surface area (Å²) < 4.78 is -0.711. The minimum Gasteiger partial charge on any atom is -0.394 e. The van der Waals surface area contributed by atoms with Crippen molar-refractivity contribution in [3.63, 3.8) is 0 Å². The van der Waals surface area contributed by atoms with Crippen LogP contribution in [0.5, 0.6) is 0 Å². The van der Waals surface area contributed by atoms with Gasteiger partial charge in [0.05, 0.1) is 29.2 Å². The zero-order valence-corrected chi connectivity index (χ0v) is 25.5. The molecule has 0 radical (unpaired) electrons. The molecule has 3 saturated heterocycles. The summed E-state index contributed by atoms with van der Waals surface area (Å²) in [6.45, 7) is 12.4. The Morgan fingerprint density at radius 1 is 1.21 bits per heavy atom. The highest BCUT2D eigenvalue weighted by molar-refractivity contribution is 9.09. The second-order valence-corrected chi connectivity index (χ2v) is 14.3. The normalized spacial score (nSPS) is 34.1. The number of aliphatic hydroxyl groups is 1. The SMILES string of the molecule is C=CCN(C)C(=O)[C@H]1[C@H]2C(=O)N([C@@H](CO)[C@@H](C)CC)C(C(=O)N(CC=C)C3CCCCC3)C23CC(Br)[C@@H]1S3. The number of hydrogen-bond acceptors (Lipinski definition) is 5. The molecule has 0 aromatic rings. The number of hydrogen-bond donors (Lipinski definition) is 1. The van der Waals surface area contributed by atoms with Gasteiger partial charge in [0.25, 0.3) is 0 Å². The third-order valence-corrected chi connectivity index (χ3v) is 12.7. The topological polar surface area (TPSA) is 81.2 Å². The average molecular weight is 611 g/mol. The predicted molar refractivity (Wildman–Crippen MR) is 156 cm³/mol. The summed E-state index contributed by atoms with van der Waals surface area (Å²) >= 11 is 5.51. The van der Waals surface area contributed by atoms with Crippen LogP contribution in [0.2, 0.25) is 0 Å². The maximum atomic E-state index is 14.7. The molecule has 4 fully saturated rings. The molecule has 8 atom stereocenters. The van der Waals surface area contributed by atoms with Gasteiger partial charge in [0, 0.05) is 36.3 Å². The van der Waals surface area contributed by atoms with Crippen LogP contribution in [0, 0.1) is 17.8 Å². The third kappa shape index (κ3) is 4.78. The second kappa shape index (κ2) is 12.0. The Bertz CT molecular complexity index is 943. The third-order valence-electron chi connectivity index (χ3n) is 9.49. The molecule has 0 aromatic heterocycles. The number of carbonyl (C=O) groups is 3. The van der Waals surface area contributed by atoms with E-state index in [2.05, 4.69) is 29.1 Å². The van der Waals surface area contributed by atoms with E-state index in [1.54, 1.807) is 40.8 Å². The highest BCUT2D eigenvalue weighted by Gasteiger charge is 2.76. The van der Waals surface area contributed by atoms with Crippen molar-refractivity contribution in [3.05, 3.63) is 25.3 Å². The van der Waals surface area contributed by atoms with E-state index >= 15 is 0 Å². The summed E-state index contributed by atoms with van der Waals surface area (Å²) in [4.78, 5) is 48.3. The van der Waals surface area contributed by atoms with Crippen molar-refractivity contribution >= 4 is 45.4 Å². The molecule has 1 saturated carbocycles. The molecule has 1 aliphatic carbocycles. The number of alkyl halides is 1. The highest BCUT2D eigenvalue weighted by Crippen LogP contribution is 2.68. The lowest BCUT2D eigenvalue weighted by Crippen LogP contribution is -2.60. The summed E-state index contributed by atoms with van der Waals surface area (Å²) in [6, 6.07) is -1.07. The van der Waals surface area contributed by atoms with Crippen molar-refractivity contribution < 1.29 is 19.5 Å². The van der Waals surface area contributed by atoms with E-state index in [0.29, 0.717) is 19.5 Å². The largest absolute Gasteiger partial charge is 0.394 e. The van der Waals surface area contributed by atoms with Gasteiger partial charge in [-0.25, -0.2) is 0 Å². The van der Waals surface area contributed by atoms with E-state index in [4.69, 9.17) is 0 Å². The molecular weight excluding hydrogens is 566 g/mol. The summed E-state index contributed by atoms with van der Waals surface area (Å²) in [7, 11) is 1.75. The van der Waals surface area contributed by atoms with Crippen LogP contribution in [0.3, 0.4) is 0 Å². The van der Waals surface area contributed by atoms with E-state index in [-0.39, 0.29) is 46.4 Å². The standard InChI is InChI=1S/C29H44BrN3O4S/c1-6-14-31(5)26(35)22-23-27(36)33(21(17-34)18(4)8-3)25(29(23)16-20(30)24(22)38-29)28(37)32(15-7-2)19-12-10-9-11-13-19/h6-7,18-25,34H,1-2,8-17H2,3-5H3/t18-,20?,21-,22-,23-,24-,25?,29?/m0/s1. The minimum absolute atomic E-state index is 0.0107. The molecule has 4 aliphatic rings. The maximum absolute atomic E-state index is 14.7. The van der Waals surface area contributed by atoms with Gasteiger partial charge in [0.1, 0.15) is 6.04 Å². The summed E-state index contributed by atoms with van der Waals surface area (Å²) in [5.41, 5.74) is 0. The molecule has 1 spiro atoms. The number of rotatable bonds is 11. The first-order chi connectivity index (χ1) is 18.2. The van der Waals surface area contributed by atoms with Crippen LogP contribution in [0.25, 0.3) is 0 Å². The lowest BCUT2D eigenvalue weighted by Gasteiger charge is -2.43. The Morgan fingerprint density at radius 3 is 2.45 bits per heavy atom. The Kier molecular flexibility index (Phi) is 9.40.